The van der Waals surface area contributed by atoms with Crippen molar-refractivity contribution in [2.75, 3.05) is 6.54 Å². The molecule has 2 aromatic rings. The summed E-state index contributed by atoms with van der Waals surface area (Å²) in [5.74, 6) is 2.99. The van der Waals surface area contributed by atoms with Gasteiger partial charge in [-0.15, -0.1) is 10.2 Å². The highest BCUT2D eigenvalue weighted by atomic mass is 16.1. The van der Waals surface area contributed by atoms with Gasteiger partial charge in [-0.3, -0.25) is 14.7 Å². The van der Waals surface area contributed by atoms with E-state index >= 15 is 0 Å². The van der Waals surface area contributed by atoms with Gasteiger partial charge in [-0.05, 0) is 63.5 Å². The lowest BCUT2D eigenvalue weighted by Crippen LogP contribution is -2.45. The van der Waals surface area contributed by atoms with Crippen molar-refractivity contribution in [3.8, 4) is 0 Å². The highest BCUT2D eigenvalue weighted by molar-refractivity contribution is 5.79. The monoisotopic (exact) mass is 464 g/mol. The SMILES string of the molecule is Cc1nnc(C(C)C)n1[C@@H]1C[C@H]2CC[C@@H](C1)N2CC[C@H](NC(=O)C1CCCC1)c1cccnc1. The van der Waals surface area contributed by atoms with Gasteiger partial charge in [0.05, 0.1) is 6.04 Å². The smallest absolute Gasteiger partial charge is 0.223 e. The average molecular weight is 465 g/mol. The summed E-state index contributed by atoms with van der Waals surface area (Å²) in [7, 11) is 0. The van der Waals surface area contributed by atoms with E-state index in [-0.39, 0.29) is 17.9 Å². The first-order valence-corrected chi connectivity index (χ1v) is 13.4. The van der Waals surface area contributed by atoms with E-state index in [1.807, 2.05) is 18.5 Å². The van der Waals surface area contributed by atoms with Gasteiger partial charge in [0.25, 0.3) is 0 Å². The predicted molar refractivity (Wildman–Crippen MR) is 132 cm³/mol. The summed E-state index contributed by atoms with van der Waals surface area (Å²) in [5.41, 5.74) is 1.12. The van der Waals surface area contributed by atoms with E-state index in [4.69, 9.17) is 0 Å². The lowest BCUT2D eigenvalue weighted by molar-refractivity contribution is -0.125. The molecule has 2 aliphatic heterocycles. The quantitative estimate of drug-likeness (QED) is 0.612. The number of piperidine rings is 1. The van der Waals surface area contributed by atoms with Gasteiger partial charge in [0, 0.05) is 48.9 Å². The van der Waals surface area contributed by atoms with Crippen LogP contribution in [0.3, 0.4) is 0 Å². The molecule has 2 saturated heterocycles. The van der Waals surface area contributed by atoms with Gasteiger partial charge in [0.2, 0.25) is 5.91 Å². The lowest BCUT2D eigenvalue weighted by Gasteiger charge is -2.40. The third kappa shape index (κ3) is 4.77. The van der Waals surface area contributed by atoms with E-state index in [1.165, 1.54) is 38.5 Å². The van der Waals surface area contributed by atoms with E-state index in [2.05, 4.69) is 56.8 Å². The number of nitrogens with zero attached hydrogens (tertiary/aromatic N) is 5. The Morgan fingerprint density at radius 2 is 1.82 bits per heavy atom. The first kappa shape index (κ1) is 23.5. The highest BCUT2D eigenvalue weighted by Crippen LogP contribution is 2.42. The second kappa shape index (κ2) is 10.1. The third-order valence-corrected chi connectivity index (χ3v) is 8.44. The summed E-state index contributed by atoms with van der Waals surface area (Å²) in [6.45, 7) is 7.54. The van der Waals surface area contributed by atoms with Gasteiger partial charge >= 0.3 is 0 Å². The number of hydrogen-bond donors (Lipinski definition) is 1. The molecule has 1 aliphatic carbocycles. The largest absolute Gasteiger partial charge is 0.349 e. The molecule has 5 rings (SSSR count). The highest BCUT2D eigenvalue weighted by Gasteiger charge is 2.42. The Morgan fingerprint density at radius 3 is 2.47 bits per heavy atom. The fraction of sp³-hybridized carbons (Fsp3) is 0.704. The zero-order chi connectivity index (χ0) is 23.7. The molecule has 7 nitrogen and oxygen atoms in total. The standard InChI is InChI=1S/C27H40N6O/c1-18(2)26-31-30-19(3)33(26)24-15-22-10-11-23(16-24)32(22)14-12-25(21-9-6-13-28-17-21)29-27(34)20-7-4-5-8-20/h6,9,13,17-18,20,22-25H,4-5,7-8,10-12,14-16H2,1-3H3,(H,29,34)/t22-,23+,24-,25-/m0/s1. The topological polar surface area (TPSA) is 75.9 Å². The van der Waals surface area contributed by atoms with Crippen LogP contribution in [0.5, 0.6) is 0 Å². The van der Waals surface area contributed by atoms with Crippen LogP contribution in [0.2, 0.25) is 0 Å². The molecule has 0 radical (unpaired) electrons. The summed E-state index contributed by atoms with van der Waals surface area (Å²) in [4.78, 5) is 20.0. The van der Waals surface area contributed by atoms with Crippen molar-refractivity contribution in [3.63, 3.8) is 0 Å². The molecule has 4 atom stereocenters. The van der Waals surface area contributed by atoms with Crippen molar-refractivity contribution < 1.29 is 4.79 Å². The van der Waals surface area contributed by atoms with Crippen molar-refractivity contribution in [3.05, 3.63) is 41.7 Å². The summed E-state index contributed by atoms with van der Waals surface area (Å²) >= 11 is 0. The van der Waals surface area contributed by atoms with Gasteiger partial charge in [-0.25, -0.2) is 0 Å². The zero-order valence-electron chi connectivity index (χ0n) is 21.0. The van der Waals surface area contributed by atoms with Crippen LogP contribution in [0.1, 0.15) is 107 Å². The Morgan fingerprint density at radius 1 is 1.09 bits per heavy atom. The van der Waals surface area contributed by atoms with Crippen LogP contribution in [0, 0.1) is 12.8 Å². The van der Waals surface area contributed by atoms with E-state index in [0.717, 1.165) is 43.0 Å². The van der Waals surface area contributed by atoms with E-state index < -0.39 is 0 Å². The summed E-state index contributed by atoms with van der Waals surface area (Å²) in [6, 6.07) is 5.82. The Bertz CT molecular complexity index is 953. The number of hydrogen-bond acceptors (Lipinski definition) is 5. The van der Waals surface area contributed by atoms with Crippen LogP contribution in [0.15, 0.2) is 24.5 Å². The molecular weight excluding hydrogens is 424 g/mol. The van der Waals surface area contributed by atoms with Crippen LogP contribution in [-0.2, 0) is 4.79 Å². The molecule has 4 heterocycles. The van der Waals surface area contributed by atoms with Crippen LogP contribution < -0.4 is 5.32 Å². The molecule has 7 heteroatoms. The minimum Gasteiger partial charge on any atom is -0.349 e. The van der Waals surface area contributed by atoms with Gasteiger partial charge in [-0.1, -0.05) is 32.8 Å². The fourth-order valence-electron chi connectivity index (χ4n) is 6.71. The van der Waals surface area contributed by atoms with Crippen molar-refractivity contribution in [2.45, 2.75) is 109 Å². The molecule has 2 bridgehead atoms. The van der Waals surface area contributed by atoms with Crippen LogP contribution in [0.25, 0.3) is 0 Å². The molecule has 3 fully saturated rings. The molecule has 184 valence electrons. The molecule has 0 unspecified atom stereocenters. The first-order valence-electron chi connectivity index (χ1n) is 13.4. The Labute approximate surface area is 203 Å². The molecule has 2 aromatic heterocycles. The van der Waals surface area contributed by atoms with Crippen LogP contribution >= 0.6 is 0 Å². The van der Waals surface area contributed by atoms with E-state index in [9.17, 15) is 4.79 Å². The molecule has 1 amide bonds. The second-order valence-electron chi connectivity index (χ2n) is 11.0. The minimum atomic E-state index is 0.0339. The van der Waals surface area contributed by atoms with Crippen LogP contribution in [0.4, 0.5) is 0 Å². The van der Waals surface area contributed by atoms with Gasteiger partial charge < -0.3 is 9.88 Å². The van der Waals surface area contributed by atoms with E-state index in [0.29, 0.717) is 24.0 Å². The van der Waals surface area contributed by atoms with Crippen molar-refractivity contribution in [2.24, 2.45) is 5.92 Å². The Balaban J connectivity index is 1.26. The molecule has 0 spiro atoms. The fourth-order valence-corrected chi connectivity index (χ4v) is 6.71. The van der Waals surface area contributed by atoms with Crippen molar-refractivity contribution in [1.82, 2.24) is 30.0 Å². The van der Waals surface area contributed by atoms with Gasteiger partial charge in [-0.2, -0.15) is 0 Å². The number of nitrogens with one attached hydrogen (secondary N) is 1. The van der Waals surface area contributed by atoms with E-state index in [1.54, 1.807) is 0 Å². The first-order chi connectivity index (χ1) is 16.5. The Hall–Kier alpha value is -2.28. The van der Waals surface area contributed by atoms with Crippen molar-refractivity contribution >= 4 is 5.91 Å². The predicted octanol–water partition coefficient (Wildman–Crippen LogP) is 4.71. The molecular formula is C27H40N6O. The summed E-state index contributed by atoms with van der Waals surface area (Å²) in [5, 5.41) is 12.3. The number of aromatic nitrogens is 4. The number of carbonyl (C=O) groups excluding carboxylic acids is 1. The maximum absolute atomic E-state index is 13.0. The molecule has 0 aromatic carbocycles. The summed E-state index contributed by atoms with van der Waals surface area (Å²) in [6.07, 6.45) is 14.0. The molecule has 3 aliphatic rings. The normalized spacial score (nSPS) is 26.3. The van der Waals surface area contributed by atoms with Gasteiger partial charge in [0.1, 0.15) is 11.6 Å². The lowest BCUT2D eigenvalue weighted by atomic mass is 9.95. The van der Waals surface area contributed by atoms with Crippen molar-refractivity contribution in [1.29, 1.82) is 0 Å². The average Bonchev–Trinajstić information content (AvgIpc) is 3.56. The second-order valence-corrected chi connectivity index (χ2v) is 11.0. The molecule has 1 saturated carbocycles. The number of amides is 1. The maximum Gasteiger partial charge on any atom is 0.223 e. The van der Waals surface area contributed by atoms with Gasteiger partial charge in [0.15, 0.2) is 0 Å². The third-order valence-electron chi connectivity index (χ3n) is 8.44. The minimum absolute atomic E-state index is 0.0339. The molecule has 34 heavy (non-hydrogen) atoms. The number of carbonyl (C=O) groups is 1. The molecule has 1 N–H and O–H groups in total. The zero-order valence-corrected chi connectivity index (χ0v) is 21.0. The maximum atomic E-state index is 13.0. The Kier molecular flexibility index (Phi) is 7.00. The van der Waals surface area contributed by atoms with Crippen LogP contribution in [-0.4, -0.2) is 49.2 Å². The number of rotatable bonds is 8. The number of pyridine rings is 1. The summed E-state index contributed by atoms with van der Waals surface area (Å²) < 4.78 is 2.42. The number of aryl methyl sites for hydroxylation is 1. The number of fused-ring (bicyclic) bond motifs is 2.